The first-order valence-corrected chi connectivity index (χ1v) is 8.49. The molecular formula is C19H17F2N5O. The quantitative estimate of drug-likeness (QED) is 0.742. The summed E-state index contributed by atoms with van der Waals surface area (Å²) < 4.78 is 29.6. The first kappa shape index (κ1) is 17.3. The molecule has 27 heavy (non-hydrogen) atoms. The molecule has 1 aliphatic rings. The molecule has 0 spiro atoms. The second kappa shape index (κ2) is 6.88. The highest BCUT2D eigenvalue weighted by Crippen LogP contribution is 2.31. The van der Waals surface area contributed by atoms with Crippen molar-refractivity contribution >= 4 is 6.08 Å². The van der Waals surface area contributed by atoms with Crippen molar-refractivity contribution < 1.29 is 13.9 Å². The van der Waals surface area contributed by atoms with E-state index in [1.807, 2.05) is 35.2 Å². The summed E-state index contributed by atoms with van der Waals surface area (Å²) in [4.78, 5) is 4.11. The molecule has 1 saturated heterocycles. The van der Waals surface area contributed by atoms with Crippen LogP contribution in [-0.2, 0) is 0 Å². The van der Waals surface area contributed by atoms with Gasteiger partial charge < -0.3 is 15.0 Å². The van der Waals surface area contributed by atoms with Crippen LogP contribution in [0.2, 0.25) is 0 Å². The zero-order chi connectivity index (χ0) is 18.9. The van der Waals surface area contributed by atoms with Crippen molar-refractivity contribution in [3.05, 3.63) is 60.3 Å². The Balaban J connectivity index is 1.59. The maximum atomic E-state index is 13.9. The minimum Gasteiger partial charge on any atom is -0.507 e. The van der Waals surface area contributed by atoms with E-state index >= 15 is 0 Å². The van der Waals surface area contributed by atoms with Crippen LogP contribution in [0.4, 0.5) is 8.78 Å². The highest BCUT2D eigenvalue weighted by atomic mass is 19.3. The molecule has 0 bridgehead atoms. The molecule has 3 heterocycles. The predicted octanol–water partition coefficient (Wildman–Crippen LogP) is 3.05. The van der Waals surface area contributed by atoms with Gasteiger partial charge in [0.05, 0.1) is 12.7 Å². The molecule has 0 radical (unpaired) electrons. The van der Waals surface area contributed by atoms with Gasteiger partial charge in [-0.2, -0.15) is 0 Å². The summed E-state index contributed by atoms with van der Waals surface area (Å²) >= 11 is 0. The van der Waals surface area contributed by atoms with Crippen LogP contribution >= 0.6 is 0 Å². The van der Waals surface area contributed by atoms with E-state index in [1.54, 1.807) is 12.1 Å². The van der Waals surface area contributed by atoms with Crippen LogP contribution < -0.4 is 5.32 Å². The third kappa shape index (κ3) is 3.56. The van der Waals surface area contributed by atoms with Gasteiger partial charge in [-0.3, -0.25) is 0 Å². The van der Waals surface area contributed by atoms with Gasteiger partial charge in [-0.15, -0.1) is 10.2 Å². The van der Waals surface area contributed by atoms with Crippen molar-refractivity contribution in [2.75, 3.05) is 13.1 Å². The second-order valence-corrected chi connectivity index (χ2v) is 6.29. The molecule has 0 aliphatic carbocycles. The maximum absolute atomic E-state index is 13.9. The van der Waals surface area contributed by atoms with E-state index in [0.29, 0.717) is 17.8 Å². The first-order chi connectivity index (χ1) is 13.0. The summed E-state index contributed by atoms with van der Waals surface area (Å²) in [5.74, 6) is -2.75. The Hall–Kier alpha value is -3.13. The van der Waals surface area contributed by atoms with Crippen molar-refractivity contribution in [1.29, 1.82) is 0 Å². The molecular weight excluding hydrogens is 352 g/mol. The summed E-state index contributed by atoms with van der Waals surface area (Å²) in [5, 5.41) is 20.9. The first-order valence-electron chi connectivity index (χ1n) is 8.49. The van der Waals surface area contributed by atoms with Crippen LogP contribution in [0, 0.1) is 0 Å². The fourth-order valence-electron chi connectivity index (χ4n) is 2.98. The summed E-state index contributed by atoms with van der Waals surface area (Å²) in [7, 11) is 0. The second-order valence-electron chi connectivity index (χ2n) is 6.29. The van der Waals surface area contributed by atoms with E-state index in [4.69, 9.17) is 0 Å². The lowest BCUT2D eigenvalue weighted by Gasteiger charge is -2.25. The van der Waals surface area contributed by atoms with Gasteiger partial charge in [0.15, 0.2) is 5.82 Å². The van der Waals surface area contributed by atoms with E-state index in [9.17, 15) is 13.9 Å². The molecule has 2 aromatic heterocycles. The van der Waals surface area contributed by atoms with Crippen LogP contribution in [0.1, 0.15) is 12.2 Å². The van der Waals surface area contributed by atoms with Crippen molar-refractivity contribution in [1.82, 2.24) is 25.1 Å². The molecule has 1 fully saturated rings. The Morgan fingerprint density at radius 1 is 1.19 bits per heavy atom. The zero-order valence-corrected chi connectivity index (χ0v) is 14.3. The third-order valence-electron chi connectivity index (χ3n) is 4.43. The van der Waals surface area contributed by atoms with E-state index < -0.39 is 5.92 Å². The molecule has 1 aliphatic heterocycles. The number of phenols is 1. The fraction of sp³-hybridized carbons (Fsp3) is 0.211. The Labute approximate surface area is 154 Å². The van der Waals surface area contributed by atoms with Gasteiger partial charge in [0, 0.05) is 35.3 Å². The van der Waals surface area contributed by atoms with Gasteiger partial charge in [-0.1, -0.05) is 0 Å². The number of benzene rings is 1. The third-order valence-corrected chi connectivity index (χ3v) is 4.43. The number of nitrogens with one attached hydrogen (secondary N) is 1. The smallest absolute Gasteiger partial charge is 0.281 e. The number of hydrogen-bond donors (Lipinski definition) is 2. The van der Waals surface area contributed by atoms with Crippen molar-refractivity contribution in [2.45, 2.75) is 12.3 Å². The van der Waals surface area contributed by atoms with E-state index in [1.165, 1.54) is 12.3 Å². The number of aromatic hydroxyl groups is 1. The molecule has 3 aromatic rings. The monoisotopic (exact) mass is 369 g/mol. The molecule has 1 aromatic carbocycles. The number of halogens is 2. The van der Waals surface area contributed by atoms with E-state index in [0.717, 1.165) is 5.69 Å². The molecule has 2 N–H and O–H groups in total. The highest BCUT2D eigenvalue weighted by Gasteiger charge is 2.36. The summed E-state index contributed by atoms with van der Waals surface area (Å²) in [6.45, 7) is 0.112. The molecule has 0 atom stereocenters. The summed E-state index contributed by atoms with van der Waals surface area (Å²) in [5.41, 5.74) is 1.63. The van der Waals surface area contributed by atoms with Crippen molar-refractivity contribution in [2.24, 2.45) is 0 Å². The standard InChI is InChI=1S/C19H17F2N5O/c20-19(21)12-22-6-5-13(19)9-18-23-11-16(24-25-18)15-4-3-14(10-17(15)27)26-7-1-2-8-26/h1-4,7-11,22,27H,5-6,12H2/b13-9+. The van der Waals surface area contributed by atoms with Crippen molar-refractivity contribution in [3.63, 3.8) is 0 Å². The number of piperidine rings is 1. The molecule has 6 nitrogen and oxygen atoms in total. The lowest BCUT2D eigenvalue weighted by atomic mass is 10.0. The van der Waals surface area contributed by atoms with Gasteiger partial charge in [-0.25, -0.2) is 13.8 Å². The molecule has 0 amide bonds. The normalized spacial score (nSPS) is 17.9. The minimum absolute atomic E-state index is 0.00489. The van der Waals surface area contributed by atoms with Gasteiger partial charge in [0.25, 0.3) is 5.92 Å². The summed E-state index contributed by atoms with van der Waals surface area (Å²) in [6.07, 6.45) is 6.68. The Bertz CT molecular complexity index is 968. The number of rotatable bonds is 3. The SMILES string of the molecule is Oc1cc(-n2cccc2)ccc1-c1cnc(/C=C2\CCNCC2(F)F)nn1. The number of phenolic OH excluding ortho intramolecular Hbond substituents is 1. The predicted molar refractivity (Wildman–Crippen MR) is 96.7 cm³/mol. The van der Waals surface area contributed by atoms with E-state index in [-0.39, 0.29) is 30.1 Å². The lowest BCUT2D eigenvalue weighted by Crippen LogP contribution is -2.40. The number of nitrogens with zero attached hydrogens (tertiary/aromatic N) is 4. The molecule has 0 unspecified atom stereocenters. The fourth-order valence-corrected chi connectivity index (χ4v) is 2.98. The van der Waals surface area contributed by atoms with Crippen LogP contribution in [0.25, 0.3) is 23.0 Å². The number of aromatic nitrogens is 4. The topological polar surface area (TPSA) is 75.9 Å². The maximum Gasteiger partial charge on any atom is 0.281 e. The Kier molecular flexibility index (Phi) is 4.41. The highest BCUT2D eigenvalue weighted by molar-refractivity contribution is 5.68. The van der Waals surface area contributed by atoms with Crippen LogP contribution in [-0.4, -0.2) is 43.9 Å². The Morgan fingerprint density at radius 2 is 2.00 bits per heavy atom. The van der Waals surface area contributed by atoms with Gasteiger partial charge in [-0.05, 0) is 43.3 Å². The number of alkyl halides is 2. The van der Waals surface area contributed by atoms with E-state index in [2.05, 4.69) is 20.5 Å². The van der Waals surface area contributed by atoms with Crippen LogP contribution in [0.15, 0.2) is 54.5 Å². The van der Waals surface area contributed by atoms with Crippen molar-refractivity contribution in [3.8, 4) is 22.7 Å². The summed E-state index contributed by atoms with van der Waals surface area (Å²) in [6, 6.07) is 8.94. The average Bonchev–Trinajstić information content (AvgIpc) is 3.19. The van der Waals surface area contributed by atoms with Gasteiger partial charge >= 0.3 is 0 Å². The molecule has 4 rings (SSSR count). The molecule has 8 heteroatoms. The molecule has 138 valence electrons. The van der Waals surface area contributed by atoms with Crippen LogP contribution in [0.5, 0.6) is 5.75 Å². The Morgan fingerprint density at radius 3 is 2.67 bits per heavy atom. The average molecular weight is 369 g/mol. The van der Waals surface area contributed by atoms with Gasteiger partial charge in [0.1, 0.15) is 11.4 Å². The minimum atomic E-state index is -2.91. The zero-order valence-electron chi connectivity index (χ0n) is 14.3. The van der Waals surface area contributed by atoms with Gasteiger partial charge in [0.2, 0.25) is 0 Å². The van der Waals surface area contributed by atoms with Crippen LogP contribution in [0.3, 0.4) is 0 Å². The lowest BCUT2D eigenvalue weighted by molar-refractivity contribution is 0.0296. The largest absolute Gasteiger partial charge is 0.507 e. The molecule has 0 saturated carbocycles. The number of hydrogen-bond acceptors (Lipinski definition) is 5.